The van der Waals surface area contributed by atoms with Gasteiger partial charge in [0, 0.05) is 13.6 Å². The number of hydrogen-bond acceptors (Lipinski definition) is 5. The van der Waals surface area contributed by atoms with E-state index in [1.807, 2.05) is 0 Å². The molecule has 1 aromatic rings. The van der Waals surface area contributed by atoms with Crippen molar-refractivity contribution in [2.24, 2.45) is 0 Å². The van der Waals surface area contributed by atoms with E-state index in [4.69, 9.17) is 16.0 Å². The van der Waals surface area contributed by atoms with Crippen molar-refractivity contribution >= 4 is 23.5 Å². The van der Waals surface area contributed by atoms with Gasteiger partial charge in [0.2, 0.25) is 11.8 Å². The minimum Gasteiger partial charge on any atom is -0.406 e. The van der Waals surface area contributed by atoms with E-state index in [-0.39, 0.29) is 23.3 Å². The summed E-state index contributed by atoms with van der Waals surface area (Å²) in [6.07, 6.45) is 0.740. The lowest BCUT2D eigenvalue weighted by Crippen LogP contribution is -2.31. The zero-order valence-corrected chi connectivity index (χ0v) is 9.86. The highest BCUT2D eigenvalue weighted by molar-refractivity contribution is 6.20. The van der Waals surface area contributed by atoms with E-state index in [9.17, 15) is 4.79 Å². The van der Waals surface area contributed by atoms with Crippen molar-refractivity contribution in [2.45, 2.75) is 24.8 Å². The van der Waals surface area contributed by atoms with Crippen LogP contribution >= 0.6 is 11.6 Å². The molecule has 1 saturated heterocycles. The second kappa shape index (κ2) is 4.29. The van der Waals surface area contributed by atoms with E-state index in [2.05, 4.69) is 15.5 Å². The average Bonchev–Trinajstić information content (AvgIpc) is 2.81. The molecule has 0 bridgehead atoms. The monoisotopic (exact) mass is 244 g/mol. The third kappa shape index (κ3) is 2.11. The van der Waals surface area contributed by atoms with Crippen LogP contribution in [0.2, 0.25) is 0 Å². The Kier molecular flexibility index (Phi) is 3.00. The van der Waals surface area contributed by atoms with Crippen LogP contribution in [0.1, 0.15) is 24.6 Å². The molecule has 0 aliphatic carbocycles. The maximum absolute atomic E-state index is 11.6. The standard InChI is InChI=1S/C9H13ClN4O2/c1-5(10)7-12-13-9(16-7)11-6-3-4-14(2)8(6)15/h5-6H,3-4H2,1-2H3,(H,11,13). The Balaban J connectivity index is 2.01. The summed E-state index contributed by atoms with van der Waals surface area (Å²) in [7, 11) is 1.77. The second-order valence-electron chi connectivity index (χ2n) is 3.81. The molecule has 7 heteroatoms. The lowest BCUT2D eigenvalue weighted by atomic mass is 10.2. The molecular formula is C9H13ClN4O2. The minimum absolute atomic E-state index is 0.0404. The number of amides is 1. The predicted molar refractivity (Wildman–Crippen MR) is 58.2 cm³/mol. The summed E-state index contributed by atoms with van der Waals surface area (Å²) in [5, 5.41) is 10.1. The maximum atomic E-state index is 11.6. The predicted octanol–water partition coefficient (Wildman–Crippen LogP) is 1.01. The van der Waals surface area contributed by atoms with Crippen LogP contribution in [0, 0.1) is 0 Å². The van der Waals surface area contributed by atoms with Gasteiger partial charge in [-0.1, -0.05) is 5.10 Å². The number of nitrogens with zero attached hydrogens (tertiary/aromatic N) is 3. The Morgan fingerprint density at radius 3 is 2.88 bits per heavy atom. The first kappa shape index (κ1) is 11.2. The number of rotatable bonds is 3. The van der Waals surface area contributed by atoms with Gasteiger partial charge >= 0.3 is 6.01 Å². The fourth-order valence-corrected chi connectivity index (χ4v) is 1.65. The number of alkyl halides is 1. The molecule has 1 aliphatic rings. The first-order valence-corrected chi connectivity index (χ1v) is 5.50. The number of aromatic nitrogens is 2. The van der Waals surface area contributed by atoms with Crippen LogP contribution in [-0.4, -0.2) is 40.6 Å². The number of anilines is 1. The topological polar surface area (TPSA) is 71.3 Å². The largest absolute Gasteiger partial charge is 0.406 e. The van der Waals surface area contributed by atoms with Crippen LogP contribution in [0.5, 0.6) is 0 Å². The zero-order valence-electron chi connectivity index (χ0n) is 9.11. The number of carbonyl (C=O) groups excluding carboxylic acids is 1. The fourth-order valence-electron chi connectivity index (χ4n) is 1.56. The number of likely N-dealkylation sites (tertiary alicyclic amines) is 1. The SMILES string of the molecule is CC(Cl)c1nnc(NC2CCN(C)C2=O)o1. The third-order valence-corrected chi connectivity index (χ3v) is 2.69. The molecule has 2 rings (SSSR count). The number of halogens is 1. The number of hydrogen-bond donors (Lipinski definition) is 1. The Morgan fingerprint density at radius 1 is 1.62 bits per heavy atom. The van der Waals surface area contributed by atoms with Crippen molar-refractivity contribution in [3.05, 3.63) is 5.89 Å². The van der Waals surface area contributed by atoms with Crippen LogP contribution < -0.4 is 5.32 Å². The van der Waals surface area contributed by atoms with Gasteiger partial charge in [-0.2, -0.15) is 0 Å². The van der Waals surface area contributed by atoms with Crippen LogP contribution in [0.3, 0.4) is 0 Å². The van der Waals surface area contributed by atoms with Crippen molar-refractivity contribution in [1.29, 1.82) is 0 Å². The first-order chi connectivity index (χ1) is 7.58. The summed E-state index contributed by atoms with van der Waals surface area (Å²) < 4.78 is 5.25. The van der Waals surface area contributed by atoms with Gasteiger partial charge in [0.25, 0.3) is 0 Å². The Hall–Kier alpha value is -1.30. The molecule has 1 aliphatic heterocycles. The summed E-state index contributed by atoms with van der Waals surface area (Å²) in [6.45, 7) is 2.48. The molecule has 2 unspecified atom stereocenters. The quantitative estimate of drug-likeness (QED) is 0.804. The van der Waals surface area contributed by atoms with Crippen molar-refractivity contribution in [2.75, 3.05) is 18.9 Å². The summed E-state index contributed by atoms with van der Waals surface area (Å²) >= 11 is 5.79. The molecule has 0 radical (unpaired) electrons. The van der Waals surface area contributed by atoms with Crippen molar-refractivity contribution < 1.29 is 9.21 Å². The van der Waals surface area contributed by atoms with Crippen molar-refractivity contribution in [3.8, 4) is 0 Å². The van der Waals surface area contributed by atoms with Gasteiger partial charge in [-0.25, -0.2) is 0 Å². The molecule has 0 saturated carbocycles. The average molecular weight is 245 g/mol. The van der Waals surface area contributed by atoms with Crippen LogP contribution in [0.25, 0.3) is 0 Å². The van der Waals surface area contributed by atoms with E-state index in [0.717, 1.165) is 13.0 Å². The van der Waals surface area contributed by atoms with Crippen LogP contribution in [-0.2, 0) is 4.79 Å². The van der Waals surface area contributed by atoms with Gasteiger partial charge in [0.05, 0.1) is 0 Å². The highest BCUT2D eigenvalue weighted by atomic mass is 35.5. The minimum atomic E-state index is -0.329. The van der Waals surface area contributed by atoms with Crippen molar-refractivity contribution in [3.63, 3.8) is 0 Å². The molecule has 2 heterocycles. The number of carbonyl (C=O) groups is 1. The Labute approximate surface area is 98.0 Å². The van der Waals surface area contributed by atoms with Gasteiger partial charge in [0.1, 0.15) is 11.4 Å². The van der Waals surface area contributed by atoms with Gasteiger partial charge in [-0.3, -0.25) is 4.79 Å². The molecule has 0 spiro atoms. The van der Waals surface area contributed by atoms with E-state index in [0.29, 0.717) is 5.89 Å². The molecule has 2 atom stereocenters. The molecule has 0 aromatic carbocycles. The lowest BCUT2D eigenvalue weighted by molar-refractivity contribution is -0.127. The van der Waals surface area contributed by atoms with Gasteiger partial charge in [-0.05, 0) is 13.3 Å². The van der Waals surface area contributed by atoms with E-state index in [1.165, 1.54) is 0 Å². The summed E-state index contributed by atoms with van der Waals surface area (Å²) in [6, 6.07) is -0.0277. The molecule has 88 valence electrons. The number of likely N-dealkylation sites (N-methyl/N-ethyl adjacent to an activating group) is 1. The van der Waals surface area contributed by atoms with Crippen molar-refractivity contribution in [1.82, 2.24) is 15.1 Å². The highest BCUT2D eigenvalue weighted by Gasteiger charge is 2.30. The first-order valence-electron chi connectivity index (χ1n) is 5.07. The molecule has 1 N–H and O–H groups in total. The summed E-state index contributed by atoms with van der Waals surface area (Å²) in [5.41, 5.74) is 0. The van der Waals surface area contributed by atoms with E-state index in [1.54, 1.807) is 18.9 Å². The Bertz CT molecular complexity index is 393. The maximum Gasteiger partial charge on any atom is 0.316 e. The summed E-state index contributed by atoms with van der Waals surface area (Å²) in [5.74, 6) is 0.390. The molecule has 1 aromatic heterocycles. The second-order valence-corrected chi connectivity index (χ2v) is 4.46. The van der Waals surface area contributed by atoms with Gasteiger partial charge in [-0.15, -0.1) is 16.7 Å². The normalized spacial score (nSPS) is 22.6. The smallest absolute Gasteiger partial charge is 0.316 e. The lowest BCUT2D eigenvalue weighted by Gasteiger charge is -2.09. The van der Waals surface area contributed by atoms with Crippen LogP contribution in [0.15, 0.2) is 4.42 Å². The molecule has 1 fully saturated rings. The molecule has 6 nitrogen and oxygen atoms in total. The van der Waals surface area contributed by atoms with Gasteiger partial charge < -0.3 is 14.6 Å². The highest BCUT2D eigenvalue weighted by Crippen LogP contribution is 2.21. The van der Waals surface area contributed by atoms with E-state index < -0.39 is 0 Å². The molecule has 16 heavy (non-hydrogen) atoms. The summed E-state index contributed by atoms with van der Waals surface area (Å²) in [4.78, 5) is 13.3. The fraction of sp³-hybridized carbons (Fsp3) is 0.667. The molecule has 1 amide bonds. The zero-order chi connectivity index (χ0) is 11.7. The van der Waals surface area contributed by atoms with Gasteiger partial charge in [0.15, 0.2) is 0 Å². The van der Waals surface area contributed by atoms with Crippen LogP contribution in [0.4, 0.5) is 6.01 Å². The van der Waals surface area contributed by atoms with E-state index >= 15 is 0 Å². The molecular weight excluding hydrogens is 232 g/mol. The number of nitrogens with one attached hydrogen (secondary N) is 1. The third-order valence-electron chi connectivity index (χ3n) is 2.51. The Morgan fingerprint density at radius 2 is 2.38 bits per heavy atom.